The average Bonchev–Trinajstić information content (AvgIpc) is 2.46. The molecule has 1 N–H and O–H groups in total. The van der Waals surface area contributed by atoms with Crippen molar-refractivity contribution in [1.82, 2.24) is 5.32 Å². The molecule has 0 aromatic heterocycles. The van der Waals surface area contributed by atoms with Crippen molar-refractivity contribution in [2.75, 3.05) is 0 Å². The van der Waals surface area contributed by atoms with E-state index in [0.29, 0.717) is 6.42 Å². The van der Waals surface area contributed by atoms with Gasteiger partial charge in [0.2, 0.25) is 0 Å². The monoisotopic (exact) mass is 289 g/mol. The van der Waals surface area contributed by atoms with Gasteiger partial charge < -0.3 is 5.32 Å². The lowest BCUT2D eigenvalue weighted by molar-refractivity contribution is 0.0930. The van der Waals surface area contributed by atoms with Crippen LogP contribution < -0.4 is 5.32 Å². The van der Waals surface area contributed by atoms with Gasteiger partial charge in [0.25, 0.3) is 5.91 Å². The Bertz CT molecular complexity index is 593. The Balaban J connectivity index is 1.93. The van der Waals surface area contributed by atoms with Crippen molar-refractivity contribution in [2.24, 2.45) is 0 Å². The highest BCUT2D eigenvalue weighted by molar-refractivity contribution is 5.94. The van der Waals surface area contributed by atoms with E-state index in [9.17, 15) is 13.6 Å². The molecule has 21 heavy (non-hydrogen) atoms. The minimum atomic E-state index is -0.845. The van der Waals surface area contributed by atoms with Gasteiger partial charge in [0.15, 0.2) is 0 Å². The van der Waals surface area contributed by atoms with Crippen LogP contribution in [0.25, 0.3) is 0 Å². The van der Waals surface area contributed by atoms with Crippen LogP contribution in [0.15, 0.2) is 48.5 Å². The highest BCUT2D eigenvalue weighted by Gasteiger charge is 2.18. The van der Waals surface area contributed by atoms with E-state index in [0.717, 1.165) is 24.1 Å². The standard InChI is InChI=1S/C17H17F2NO/c1-12(10-11-13-6-3-2-4-7-13)20-17(21)16-14(18)8-5-9-15(16)19/h2-9,12H,10-11H2,1H3,(H,20,21)/t12-/m0/s1. The number of aryl methyl sites for hydroxylation is 1. The van der Waals surface area contributed by atoms with Gasteiger partial charge in [-0.15, -0.1) is 0 Å². The van der Waals surface area contributed by atoms with Crippen LogP contribution in [0.2, 0.25) is 0 Å². The van der Waals surface area contributed by atoms with E-state index in [1.807, 2.05) is 37.3 Å². The third-order valence-electron chi connectivity index (χ3n) is 3.28. The van der Waals surface area contributed by atoms with Gasteiger partial charge in [-0.25, -0.2) is 8.78 Å². The van der Waals surface area contributed by atoms with Gasteiger partial charge in [-0.3, -0.25) is 4.79 Å². The zero-order valence-electron chi connectivity index (χ0n) is 11.8. The molecule has 0 saturated carbocycles. The molecule has 0 aliphatic carbocycles. The summed E-state index contributed by atoms with van der Waals surface area (Å²) in [4.78, 5) is 11.9. The van der Waals surface area contributed by atoms with Gasteiger partial charge in [0.05, 0.1) is 0 Å². The Labute approximate surface area is 122 Å². The second-order valence-electron chi connectivity index (χ2n) is 5.00. The van der Waals surface area contributed by atoms with Crippen LogP contribution >= 0.6 is 0 Å². The van der Waals surface area contributed by atoms with Crippen LogP contribution in [0.3, 0.4) is 0 Å². The predicted octanol–water partition coefficient (Wildman–Crippen LogP) is 3.72. The predicted molar refractivity (Wildman–Crippen MR) is 78.0 cm³/mol. The van der Waals surface area contributed by atoms with Crippen molar-refractivity contribution in [3.63, 3.8) is 0 Å². The fourth-order valence-electron chi connectivity index (χ4n) is 2.11. The summed E-state index contributed by atoms with van der Waals surface area (Å²) in [5.41, 5.74) is 0.639. The van der Waals surface area contributed by atoms with Crippen molar-refractivity contribution in [2.45, 2.75) is 25.8 Å². The Morgan fingerprint density at radius 1 is 1.05 bits per heavy atom. The van der Waals surface area contributed by atoms with E-state index in [1.54, 1.807) is 0 Å². The summed E-state index contributed by atoms with van der Waals surface area (Å²) in [6, 6.07) is 13.1. The summed E-state index contributed by atoms with van der Waals surface area (Å²) in [7, 11) is 0. The fourth-order valence-corrected chi connectivity index (χ4v) is 2.11. The molecule has 0 aliphatic heterocycles. The summed E-state index contributed by atoms with van der Waals surface area (Å²) in [6.45, 7) is 1.82. The molecule has 2 aromatic rings. The molecule has 0 fully saturated rings. The first-order valence-corrected chi connectivity index (χ1v) is 6.86. The Kier molecular flexibility index (Phi) is 5.04. The third kappa shape index (κ3) is 4.12. The molecule has 2 rings (SSSR count). The molecular weight excluding hydrogens is 272 g/mol. The molecule has 1 amide bonds. The van der Waals surface area contributed by atoms with E-state index in [-0.39, 0.29) is 6.04 Å². The zero-order valence-corrected chi connectivity index (χ0v) is 11.8. The highest BCUT2D eigenvalue weighted by Crippen LogP contribution is 2.12. The van der Waals surface area contributed by atoms with Crippen molar-refractivity contribution in [1.29, 1.82) is 0 Å². The van der Waals surface area contributed by atoms with Gasteiger partial charge in [-0.2, -0.15) is 0 Å². The Morgan fingerprint density at radius 3 is 2.29 bits per heavy atom. The Hall–Kier alpha value is -2.23. The summed E-state index contributed by atoms with van der Waals surface area (Å²) in [5, 5.41) is 2.63. The normalized spacial score (nSPS) is 12.0. The van der Waals surface area contributed by atoms with Gasteiger partial charge >= 0.3 is 0 Å². The number of amides is 1. The zero-order chi connectivity index (χ0) is 15.2. The largest absolute Gasteiger partial charge is 0.349 e. The van der Waals surface area contributed by atoms with Crippen LogP contribution in [0.1, 0.15) is 29.3 Å². The second kappa shape index (κ2) is 6.97. The molecule has 2 aromatic carbocycles. The van der Waals surface area contributed by atoms with Crippen LogP contribution in [0, 0.1) is 11.6 Å². The van der Waals surface area contributed by atoms with Crippen molar-refractivity contribution in [3.05, 3.63) is 71.3 Å². The number of nitrogens with one attached hydrogen (secondary N) is 1. The van der Waals surface area contributed by atoms with E-state index in [2.05, 4.69) is 5.32 Å². The van der Waals surface area contributed by atoms with Crippen LogP contribution in [0.5, 0.6) is 0 Å². The summed E-state index contributed by atoms with van der Waals surface area (Å²) in [5.74, 6) is -2.41. The third-order valence-corrected chi connectivity index (χ3v) is 3.28. The van der Waals surface area contributed by atoms with Gasteiger partial charge in [0.1, 0.15) is 17.2 Å². The minimum absolute atomic E-state index is 0.170. The molecule has 0 heterocycles. The van der Waals surface area contributed by atoms with E-state index in [4.69, 9.17) is 0 Å². The maximum atomic E-state index is 13.5. The SMILES string of the molecule is C[C@@H](CCc1ccccc1)NC(=O)c1c(F)cccc1F. The number of halogens is 2. The first kappa shape index (κ1) is 15.2. The number of hydrogen-bond donors (Lipinski definition) is 1. The first-order chi connectivity index (χ1) is 10.1. The Morgan fingerprint density at radius 2 is 1.67 bits per heavy atom. The molecule has 0 radical (unpaired) electrons. The van der Waals surface area contributed by atoms with Gasteiger partial charge in [-0.1, -0.05) is 36.4 Å². The molecular formula is C17H17F2NO. The van der Waals surface area contributed by atoms with E-state index >= 15 is 0 Å². The number of hydrogen-bond acceptors (Lipinski definition) is 1. The molecule has 0 unspecified atom stereocenters. The molecule has 0 aliphatic rings. The van der Waals surface area contributed by atoms with E-state index in [1.165, 1.54) is 6.07 Å². The molecule has 110 valence electrons. The fraction of sp³-hybridized carbons (Fsp3) is 0.235. The molecule has 0 saturated heterocycles. The lowest BCUT2D eigenvalue weighted by Gasteiger charge is -2.14. The number of rotatable bonds is 5. The summed E-state index contributed by atoms with van der Waals surface area (Å²) in [6.07, 6.45) is 1.49. The van der Waals surface area contributed by atoms with Crippen molar-refractivity contribution >= 4 is 5.91 Å². The highest BCUT2D eigenvalue weighted by atomic mass is 19.1. The first-order valence-electron chi connectivity index (χ1n) is 6.86. The second-order valence-corrected chi connectivity index (χ2v) is 5.00. The molecule has 0 bridgehead atoms. The summed E-state index contributed by atoms with van der Waals surface area (Å²) >= 11 is 0. The maximum Gasteiger partial charge on any atom is 0.257 e. The topological polar surface area (TPSA) is 29.1 Å². The molecule has 1 atom stereocenters. The van der Waals surface area contributed by atoms with Crippen LogP contribution in [0.4, 0.5) is 8.78 Å². The van der Waals surface area contributed by atoms with Crippen LogP contribution in [-0.2, 0) is 6.42 Å². The molecule has 4 heteroatoms. The molecule has 2 nitrogen and oxygen atoms in total. The summed E-state index contributed by atoms with van der Waals surface area (Å²) < 4.78 is 27.0. The number of benzene rings is 2. The van der Waals surface area contributed by atoms with E-state index < -0.39 is 23.1 Å². The molecule has 0 spiro atoms. The van der Waals surface area contributed by atoms with Gasteiger partial charge in [-0.05, 0) is 37.5 Å². The smallest absolute Gasteiger partial charge is 0.257 e. The van der Waals surface area contributed by atoms with Crippen LogP contribution in [-0.4, -0.2) is 11.9 Å². The van der Waals surface area contributed by atoms with Crippen molar-refractivity contribution < 1.29 is 13.6 Å². The lowest BCUT2D eigenvalue weighted by atomic mass is 10.1. The maximum absolute atomic E-state index is 13.5. The minimum Gasteiger partial charge on any atom is -0.349 e. The lowest BCUT2D eigenvalue weighted by Crippen LogP contribution is -2.34. The quantitative estimate of drug-likeness (QED) is 0.893. The number of carbonyl (C=O) groups excluding carboxylic acids is 1. The average molecular weight is 289 g/mol. The van der Waals surface area contributed by atoms with Crippen molar-refractivity contribution in [3.8, 4) is 0 Å². The number of carbonyl (C=O) groups is 1. The van der Waals surface area contributed by atoms with Gasteiger partial charge in [0, 0.05) is 6.04 Å².